The van der Waals surface area contributed by atoms with Gasteiger partial charge in [0.1, 0.15) is 0 Å². The van der Waals surface area contributed by atoms with Crippen LogP contribution in [0.15, 0.2) is 29.3 Å². The van der Waals surface area contributed by atoms with E-state index in [-0.39, 0.29) is 29.9 Å². The highest BCUT2D eigenvalue weighted by molar-refractivity contribution is 14.0. The summed E-state index contributed by atoms with van der Waals surface area (Å²) in [5.41, 5.74) is 1.93. The van der Waals surface area contributed by atoms with E-state index in [1.54, 1.807) is 18.8 Å². The zero-order chi connectivity index (χ0) is 17.1. The summed E-state index contributed by atoms with van der Waals surface area (Å²) < 4.78 is 0. The molecule has 0 saturated heterocycles. The summed E-state index contributed by atoms with van der Waals surface area (Å²) in [5, 5.41) is 9.47. The number of halogens is 1. The molecule has 3 N–H and O–H groups in total. The van der Waals surface area contributed by atoms with Crippen LogP contribution in [0.3, 0.4) is 0 Å². The summed E-state index contributed by atoms with van der Waals surface area (Å²) in [5.74, 6) is 2.24. The highest BCUT2D eigenvalue weighted by Gasteiger charge is 2.06. The number of guanidine groups is 1. The normalized spacial score (nSPS) is 11.0. The number of carbonyl (C=O) groups excluding carboxylic acids is 1. The molecule has 0 saturated carbocycles. The van der Waals surface area contributed by atoms with Crippen LogP contribution in [0.1, 0.15) is 25.8 Å². The second kappa shape index (κ2) is 13.3. The Balaban J connectivity index is 0.00000529. The number of anilines is 1. The van der Waals surface area contributed by atoms with Gasteiger partial charge in [-0.2, -0.15) is 11.8 Å². The lowest BCUT2D eigenvalue weighted by molar-refractivity contribution is -0.116. The van der Waals surface area contributed by atoms with E-state index in [4.69, 9.17) is 0 Å². The Morgan fingerprint density at radius 2 is 2.04 bits per heavy atom. The SMILES string of the molecule is CN=C(NCCSC)NCc1cccc(NC(=O)CC(C)C)c1.I. The van der Waals surface area contributed by atoms with Gasteiger partial charge in [-0.1, -0.05) is 26.0 Å². The smallest absolute Gasteiger partial charge is 0.224 e. The zero-order valence-corrected chi connectivity index (χ0v) is 18.0. The van der Waals surface area contributed by atoms with E-state index in [1.807, 2.05) is 38.1 Å². The highest BCUT2D eigenvalue weighted by Crippen LogP contribution is 2.12. The molecular formula is C17H29IN4OS. The summed E-state index contributed by atoms with van der Waals surface area (Å²) in [6.45, 7) is 5.62. The number of carbonyl (C=O) groups is 1. The van der Waals surface area contributed by atoms with E-state index in [1.165, 1.54) is 0 Å². The topological polar surface area (TPSA) is 65.5 Å². The van der Waals surface area contributed by atoms with Crippen LogP contribution in [0.4, 0.5) is 5.69 Å². The molecule has 1 amide bonds. The molecular weight excluding hydrogens is 435 g/mol. The van der Waals surface area contributed by atoms with E-state index < -0.39 is 0 Å². The lowest BCUT2D eigenvalue weighted by Gasteiger charge is -2.12. The van der Waals surface area contributed by atoms with Gasteiger partial charge in [0.2, 0.25) is 5.91 Å². The maximum atomic E-state index is 11.8. The van der Waals surface area contributed by atoms with Crippen molar-refractivity contribution in [2.24, 2.45) is 10.9 Å². The van der Waals surface area contributed by atoms with Crippen LogP contribution in [0.2, 0.25) is 0 Å². The number of aliphatic imine (C=N–C) groups is 1. The molecule has 0 aliphatic heterocycles. The van der Waals surface area contributed by atoms with Crippen molar-refractivity contribution >= 4 is 53.3 Å². The Morgan fingerprint density at radius 1 is 1.29 bits per heavy atom. The van der Waals surface area contributed by atoms with E-state index in [0.717, 1.165) is 29.5 Å². The van der Waals surface area contributed by atoms with Crippen molar-refractivity contribution < 1.29 is 4.79 Å². The number of thioether (sulfide) groups is 1. The molecule has 24 heavy (non-hydrogen) atoms. The van der Waals surface area contributed by atoms with Crippen LogP contribution in [-0.2, 0) is 11.3 Å². The number of rotatable bonds is 8. The van der Waals surface area contributed by atoms with Gasteiger partial charge in [0.25, 0.3) is 0 Å². The second-order valence-corrected chi connectivity index (χ2v) is 6.68. The molecule has 1 aromatic rings. The monoisotopic (exact) mass is 464 g/mol. The Morgan fingerprint density at radius 3 is 2.67 bits per heavy atom. The minimum atomic E-state index is 0. The summed E-state index contributed by atoms with van der Waals surface area (Å²) in [6.07, 6.45) is 2.62. The predicted molar refractivity (Wildman–Crippen MR) is 117 cm³/mol. The third-order valence-corrected chi connectivity index (χ3v) is 3.70. The third kappa shape index (κ3) is 10.0. The fraction of sp³-hybridized carbons (Fsp3) is 0.529. The Kier molecular flexibility index (Phi) is 12.8. The van der Waals surface area contributed by atoms with Crippen LogP contribution in [0.25, 0.3) is 0 Å². The molecule has 0 aliphatic rings. The quantitative estimate of drug-likeness (QED) is 0.239. The first-order chi connectivity index (χ1) is 11.0. The Hall–Kier alpha value is -0.960. The van der Waals surface area contributed by atoms with Gasteiger partial charge in [-0.25, -0.2) is 0 Å². The van der Waals surface area contributed by atoms with Gasteiger partial charge in [-0.15, -0.1) is 24.0 Å². The van der Waals surface area contributed by atoms with Crippen molar-refractivity contribution in [3.63, 3.8) is 0 Å². The molecule has 136 valence electrons. The first-order valence-electron chi connectivity index (χ1n) is 7.87. The number of amides is 1. The predicted octanol–water partition coefficient (Wildman–Crippen LogP) is 3.32. The molecule has 0 bridgehead atoms. The van der Waals surface area contributed by atoms with Gasteiger partial charge < -0.3 is 16.0 Å². The number of hydrogen-bond donors (Lipinski definition) is 3. The molecule has 0 atom stereocenters. The fourth-order valence-corrected chi connectivity index (χ4v) is 2.33. The van der Waals surface area contributed by atoms with Crippen molar-refractivity contribution in [1.29, 1.82) is 0 Å². The van der Waals surface area contributed by atoms with Gasteiger partial charge in [0.15, 0.2) is 5.96 Å². The Labute approximate surface area is 166 Å². The van der Waals surface area contributed by atoms with Gasteiger partial charge in [0.05, 0.1) is 0 Å². The standard InChI is InChI=1S/C17H28N4OS.HI/c1-13(2)10-16(22)21-15-7-5-6-14(11-15)12-20-17(18-3)19-8-9-23-4;/h5-7,11,13H,8-10,12H2,1-4H3,(H,21,22)(H2,18,19,20);1H. The lowest BCUT2D eigenvalue weighted by Crippen LogP contribution is -2.37. The van der Waals surface area contributed by atoms with Crippen molar-refractivity contribution in [2.45, 2.75) is 26.8 Å². The van der Waals surface area contributed by atoms with Gasteiger partial charge in [0, 0.05) is 38.0 Å². The number of nitrogens with zero attached hydrogens (tertiary/aromatic N) is 1. The van der Waals surface area contributed by atoms with Crippen LogP contribution in [-0.4, -0.2) is 37.5 Å². The molecule has 0 aliphatic carbocycles. The zero-order valence-electron chi connectivity index (χ0n) is 14.9. The minimum Gasteiger partial charge on any atom is -0.356 e. The summed E-state index contributed by atoms with van der Waals surface area (Å²) in [7, 11) is 1.76. The Bertz CT molecular complexity index is 523. The van der Waals surface area contributed by atoms with Gasteiger partial charge in [-0.3, -0.25) is 9.79 Å². The molecule has 0 heterocycles. The van der Waals surface area contributed by atoms with Gasteiger partial charge >= 0.3 is 0 Å². The van der Waals surface area contributed by atoms with E-state index in [9.17, 15) is 4.79 Å². The van der Waals surface area contributed by atoms with E-state index >= 15 is 0 Å². The second-order valence-electron chi connectivity index (χ2n) is 5.69. The van der Waals surface area contributed by atoms with E-state index in [0.29, 0.717) is 18.9 Å². The largest absolute Gasteiger partial charge is 0.356 e. The molecule has 1 aromatic carbocycles. The number of hydrogen-bond acceptors (Lipinski definition) is 3. The third-order valence-electron chi connectivity index (χ3n) is 3.09. The summed E-state index contributed by atoms with van der Waals surface area (Å²) in [4.78, 5) is 16.0. The minimum absolute atomic E-state index is 0. The van der Waals surface area contributed by atoms with Gasteiger partial charge in [-0.05, 0) is 29.9 Å². The number of benzene rings is 1. The van der Waals surface area contributed by atoms with Crippen LogP contribution >= 0.6 is 35.7 Å². The van der Waals surface area contributed by atoms with Crippen molar-refractivity contribution in [3.05, 3.63) is 29.8 Å². The molecule has 0 radical (unpaired) electrons. The average molecular weight is 464 g/mol. The summed E-state index contributed by atoms with van der Waals surface area (Å²) in [6, 6.07) is 7.87. The maximum Gasteiger partial charge on any atom is 0.224 e. The van der Waals surface area contributed by atoms with Crippen molar-refractivity contribution in [1.82, 2.24) is 10.6 Å². The molecule has 0 spiro atoms. The molecule has 7 heteroatoms. The maximum absolute atomic E-state index is 11.8. The van der Waals surface area contributed by atoms with E-state index in [2.05, 4.69) is 27.2 Å². The molecule has 0 unspecified atom stereocenters. The number of nitrogens with one attached hydrogen (secondary N) is 3. The molecule has 1 rings (SSSR count). The van der Waals surface area contributed by atoms with Crippen LogP contribution in [0, 0.1) is 5.92 Å². The molecule has 0 fully saturated rings. The molecule has 5 nitrogen and oxygen atoms in total. The fourth-order valence-electron chi connectivity index (χ4n) is 2.02. The van der Waals surface area contributed by atoms with Crippen LogP contribution in [0.5, 0.6) is 0 Å². The first kappa shape index (κ1) is 23.0. The lowest BCUT2D eigenvalue weighted by atomic mass is 10.1. The first-order valence-corrected chi connectivity index (χ1v) is 9.26. The van der Waals surface area contributed by atoms with Crippen LogP contribution < -0.4 is 16.0 Å². The van der Waals surface area contributed by atoms with Crippen molar-refractivity contribution in [3.8, 4) is 0 Å². The summed E-state index contributed by atoms with van der Waals surface area (Å²) >= 11 is 1.79. The highest BCUT2D eigenvalue weighted by atomic mass is 127. The molecule has 0 aromatic heterocycles. The average Bonchev–Trinajstić information content (AvgIpc) is 2.50. The van der Waals surface area contributed by atoms with Crippen molar-refractivity contribution in [2.75, 3.05) is 30.9 Å².